The van der Waals surface area contributed by atoms with Gasteiger partial charge in [-0.05, 0) is 40.9 Å². The number of carbonyl (C=O) groups excluding carboxylic acids is 1. The number of carboxylic acid groups (broad SMARTS) is 1. The topological polar surface area (TPSA) is 123 Å². The first-order valence-electron chi connectivity index (χ1n) is 9.14. The van der Waals surface area contributed by atoms with Crippen LogP contribution in [0.3, 0.4) is 0 Å². The smallest absolute Gasteiger partial charge is 0.404 e. The van der Waals surface area contributed by atoms with Gasteiger partial charge in [-0.3, -0.25) is 9.78 Å². The van der Waals surface area contributed by atoms with Crippen molar-refractivity contribution in [1.29, 1.82) is 0 Å². The number of amides is 2. The lowest BCUT2D eigenvalue weighted by Crippen LogP contribution is -2.47. The second-order valence-corrected chi connectivity index (χ2v) is 7.67. The normalized spacial score (nSPS) is 16.6. The first-order chi connectivity index (χ1) is 14.0. The van der Waals surface area contributed by atoms with Crippen LogP contribution >= 0.6 is 15.9 Å². The number of aromatic nitrogens is 3. The summed E-state index contributed by atoms with van der Waals surface area (Å²) in [7, 11) is 0. The van der Waals surface area contributed by atoms with Gasteiger partial charge in [-0.25, -0.2) is 9.78 Å². The highest BCUT2D eigenvalue weighted by molar-refractivity contribution is 9.10. The highest BCUT2D eigenvalue weighted by atomic mass is 79.9. The predicted molar refractivity (Wildman–Crippen MR) is 112 cm³/mol. The van der Waals surface area contributed by atoms with E-state index in [0.717, 1.165) is 34.9 Å². The Morgan fingerprint density at radius 1 is 1.34 bits per heavy atom. The lowest BCUT2D eigenvalue weighted by atomic mass is 10.0. The Balaban J connectivity index is 1.69. The van der Waals surface area contributed by atoms with E-state index in [2.05, 4.69) is 46.4 Å². The minimum atomic E-state index is -1.03. The molecule has 1 atom stereocenters. The molecule has 1 saturated heterocycles. The summed E-state index contributed by atoms with van der Waals surface area (Å²) in [6.45, 7) is 1.31. The largest absolute Gasteiger partial charge is 0.465 e. The van der Waals surface area contributed by atoms with Gasteiger partial charge in [-0.15, -0.1) is 0 Å². The average molecular weight is 459 g/mol. The van der Waals surface area contributed by atoms with Crippen LogP contribution in [-0.2, 0) is 0 Å². The molecule has 9 nitrogen and oxygen atoms in total. The number of nitrogens with one attached hydrogen (secondary N) is 3. The summed E-state index contributed by atoms with van der Waals surface area (Å²) in [5.41, 5.74) is 2.56. The van der Waals surface area contributed by atoms with Crippen molar-refractivity contribution in [2.75, 3.05) is 23.3 Å². The minimum absolute atomic E-state index is 0.163. The van der Waals surface area contributed by atoms with E-state index in [1.807, 2.05) is 0 Å². The minimum Gasteiger partial charge on any atom is -0.465 e. The zero-order valence-electron chi connectivity index (χ0n) is 15.4. The molecule has 4 N–H and O–H groups in total. The van der Waals surface area contributed by atoms with Gasteiger partial charge in [0, 0.05) is 43.9 Å². The number of hydrogen-bond acceptors (Lipinski definition) is 5. The quantitative estimate of drug-likeness (QED) is 0.475. The second-order valence-electron chi connectivity index (χ2n) is 6.81. The molecule has 0 radical (unpaired) electrons. The van der Waals surface area contributed by atoms with Crippen molar-refractivity contribution in [3.05, 3.63) is 47.0 Å². The van der Waals surface area contributed by atoms with Crippen LogP contribution in [0.5, 0.6) is 0 Å². The van der Waals surface area contributed by atoms with E-state index in [0.29, 0.717) is 23.4 Å². The number of H-pyrrole nitrogens is 1. The maximum Gasteiger partial charge on any atom is 0.404 e. The molecule has 0 saturated carbocycles. The first kappa shape index (κ1) is 19.2. The highest BCUT2D eigenvalue weighted by Crippen LogP contribution is 2.39. The number of piperidine rings is 1. The lowest BCUT2D eigenvalue weighted by molar-refractivity contribution is 0.102. The Bertz CT molecular complexity index is 1050. The molecule has 0 aromatic carbocycles. The number of rotatable bonds is 4. The van der Waals surface area contributed by atoms with Crippen LogP contribution in [0.25, 0.3) is 11.0 Å². The van der Waals surface area contributed by atoms with E-state index in [1.54, 1.807) is 30.7 Å². The third-order valence-electron chi connectivity index (χ3n) is 4.87. The molecule has 10 heteroatoms. The molecule has 0 bridgehead atoms. The Hall–Kier alpha value is -3.14. The van der Waals surface area contributed by atoms with Crippen molar-refractivity contribution in [2.24, 2.45) is 0 Å². The van der Waals surface area contributed by atoms with Crippen LogP contribution < -0.4 is 15.5 Å². The third-order valence-corrected chi connectivity index (χ3v) is 5.45. The summed E-state index contributed by atoms with van der Waals surface area (Å²) < 4.78 is 0.775. The standard InChI is InChI=1S/C19H19BrN6O3/c20-13-8-22-17-15(16(13)26-6-2-4-12(10-26)24-19(28)29)14(9-23-17)25-18(27)11-3-1-5-21-7-11/h1,3,5,7-9,12,24H,2,4,6,10H2,(H,22,23)(H,25,27)(H,28,29). The lowest BCUT2D eigenvalue weighted by Gasteiger charge is -2.35. The number of carbonyl (C=O) groups is 2. The summed E-state index contributed by atoms with van der Waals surface area (Å²) in [5.74, 6) is -0.269. The predicted octanol–water partition coefficient (Wildman–Crippen LogP) is 3.21. The summed E-state index contributed by atoms with van der Waals surface area (Å²) >= 11 is 3.58. The Morgan fingerprint density at radius 2 is 2.21 bits per heavy atom. The van der Waals surface area contributed by atoms with Crippen LogP contribution in [0, 0.1) is 0 Å². The molecule has 4 rings (SSSR count). The van der Waals surface area contributed by atoms with E-state index in [-0.39, 0.29) is 11.9 Å². The van der Waals surface area contributed by atoms with Gasteiger partial charge in [0.15, 0.2) is 0 Å². The van der Waals surface area contributed by atoms with E-state index < -0.39 is 6.09 Å². The summed E-state index contributed by atoms with van der Waals surface area (Å²) in [6, 6.07) is 3.24. The Labute approximate surface area is 174 Å². The average Bonchev–Trinajstić information content (AvgIpc) is 3.11. The van der Waals surface area contributed by atoms with E-state index in [1.165, 1.54) is 6.20 Å². The van der Waals surface area contributed by atoms with Gasteiger partial charge in [-0.1, -0.05) is 0 Å². The number of pyridine rings is 2. The molecular weight excluding hydrogens is 440 g/mol. The number of aromatic amines is 1. The molecule has 1 fully saturated rings. The second kappa shape index (κ2) is 8.08. The molecule has 1 unspecified atom stereocenters. The number of fused-ring (bicyclic) bond motifs is 1. The molecule has 2 amide bonds. The molecular formula is C19H19BrN6O3. The molecule has 150 valence electrons. The van der Waals surface area contributed by atoms with Crippen molar-refractivity contribution < 1.29 is 14.7 Å². The van der Waals surface area contributed by atoms with Crippen LogP contribution in [0.2, 0.25) is 0 Å². The molecule has 0 spiro atoms. The highest BCUT2D eigenvalue weighted by Gasteiger charge is 2.26. The monoisotopic (exact) mass is 458 g/mol. The third kappa shape index (κ3) is 4.02. The molecule has 1 aliphatic rings. The fourth-order valence-corrected chi connectivity index (χ4v) is 4.18. The molecule has 4 heterocycles. The van der Waals surface area contributed by atoms with Crippen molar-refractivity contribution in [3.8, 4) is 0 Å². The van der Waals surface area contributed by atoms with Crippen LogP contribution in [0.1, 0.15) is 23.2 Å². The Morgan fingerprint density at radius 3 is 2.97 bits per heavy atom. The molecule has 3 aromatic heterocycles. The molecule has 0 aliphatic carbocycles. The fraction of sp³-hybridized carbons (Fsp3) is 0.263. The molecule has 1 aliphatic heterocycles. The van der Waals surface area contributed by atoms with Crippen LogP contribution in [-0.4, -0.2) is 51.2 Å². The van der Waals surface area contributed by atoms with Gasteiger partial charge < -0.3 is 25.6 Å². The van der Waals surface area contributed by atoms with Gasteiger partial charge in [-0.2, -0.15) is 0 Å². The fourth-order valence-electron chi connectivity index (χ4n) is 3.63. The van der Waals surface area contributed by atoms with E-state index in [4.69, 9.17) is 5.11 Å². The maximum absolute atomic E-state index is 12.6. The van der Waals surface area contributed by atoms with Crippen molar-refractivity contribution in [2.45, 2.75) is 18.9 Å². The Kier molecular flexibility index (Phi) is 5.34. The number of hydrogen-bond donors (Lipinski definition) is 4. The summed E-state index contributed by atoms with van der Waals surface area (Å²) in [4.78, 5) is 37.3. The van der Waals surface area contributed by atoms with E-state index >= 15 is 0 Å². The number of anilines is 2. The van der Waals surface area contributed by atoms with Crippen LogP contribution in [0.15, 0.2) is 41.4 Å². The van der Waals surface area contributed by atoms with Gasteiger partial charge >= 0.3 is 6.09 Å². The molecule has 29 heavy (non-hydrogen) atoms. The maximum atomic E-state index is 12.6. The summed E-state index contributed by atoms with van der Waals surface area (Å²) in [5, 5.41) is 15.3. The zero-order valence-corrected chi connectivity index (χ0v) is 16.9. The SMILES string of the molecule is O=C(O)NC1CCCN(c2c(Br)cnc3[nH]cc(NC(=O)c4cccnc4)c23)C1. The van der Waals surface area contributed by atoms with Crippen molar-refractivity contribution in [1.82, 2.24) is 20.3 Å². The van der Waals surface area contributed by atoms with Gasteiger partial charge in [0.2, 0.25) is 0 Å². The zero-order chi connectivity index (χ0) is 20.4. The number of halogens is 1. The van der Waals surface area contributed by atoms with Gasteiger partial charge in [0.1, 0.15) is 5.65 Å². The van der Waals surface area contributed by atoms with Gasteiger partial charge in [0.25, 0.3) is 5.91 Å². The summed E-state index contributed by atoms with van der Waals surface area (Å²) in [6.07, 6.45) is 7.14. The van der Waals surface area contributed by atoms with Crippen molar-refractivity contribution in [3.63, 3.8) is 0 Å². The molecule has 3 aromatic rings. The number of nitrogens with zero attached hydrogens (tertiary/aromatic N) is 3. The van der Waals surface area contributed by atoms with E-state index in [9.17, 15) is 9.59 Å². The first-order valence-corrected chi connectivity index (χ1v) is 9.93. The van der Waals surface area contributed by atoms with Gasteiger partial charge in [0.05, 0.1) is 26.8 Å². The van der Waals surface area contributed by atoms with Crippen LogP contribution in [0.4, 0.5) is 16.2 Å². The van der Waals surface area contributed by atoms with Crippen molar-refractivity contribution >= 4 is 50.3 Å².